The molecule has 1 fully saturated rings. The summed E-state index contributed by atoms with van der Waals surface area (Å²) in [4.78, 5) is 13.4. The van der Waals surface area contributed by atoms with Crippen molar-refractivity contribution in [2.45, 2.75) is 13.3 Å². The molecule has 1 saturated heterocycles. The average molecular weight is 294 g/mol. The van der Waals surface area contributed by atoms with E-state index < -0.39 is 0 Å². The van der Waals surface area contributed by atoms with Crippen LogP contribution in [0.4, 0.5) is 0 Å². The van der Waals surface area contributed by atoms with Gasteiger partial charge in [-0.15, -0.1) is 11.6 Å². The lowest BCUT2D eigenvalue weighted by Crippen LogP contribution is -2.29. The fourth-order valence-corrected chi connectivity index (χ4v) is 2.14. The van der Waals surface area contributed by atoms with E-state index in [1.165, 1.54) is 0 Å². The van der Waals surface area contributed by atoms with Crippen molar-refractivity contribution in [2.24, 2.45) is 5.92 Å². The summed E-state index contributed by atoms with van der Waals surface area (Å²) in [6.07, 6.45) is 0.573. The molecular weight excluding hydrogens is 270 g/mol. The van der Waals surface area contributed by atoms with Gasteiger partial charge in [-0.2, -0.15) is 0 Å². The largest absolute Gasteiger partial charge is 0.379 e. The zero-order valence-corrected chi connectivity index (χ0v) is 12.4. The molecule has 0 aromatic rings. The standard InChI is InChI=1S/C13H24ClNO4/c1-2-17-5-6-19-8-7-18-4-3-15-11-12(10-14)9-13(15)16/h12H,2-11H2,1H3. The van der Waals surface area contributed by atoms with Gasteiger partial charge in [0.1, 0.15) is 0 Å². The molecule has 0 spiro atoms. The summed E-state index contributed by atoms with van der Waals surface area (Å²) in [6.45, 7) is 6.96. The van der Waals surface area contributed by atoms with E-state index in [-0.39, 0.29) is 5.91 Å². The van der Waals surface area contributed by atoms with E-state index in [9.17, 15) is 4.79 Å². The van der Waals surface area contributed by atoms with Crippen molar-refractivity contribution in [3.63, 3.8) is 0 Å². The van der Waals surface area contributed by atoms with Gasteiger partial charge in [0.15, 0.2) is 0 Å². The van der Waals surface area contributed by atoms with E-state index >= 15 is 0 Å². The Morgan fingerprint density at radius 1 is 1.16 bits per heavy atom. The van der Waals surface area contributed by atoms with Gasteiger partial charge in [0.2, 0.25) is 5.91 Å². The lowest BCUT2D eigenvalue weighted by Gasteiger charge is -2.16. The van der Waals surface area contributed by atoms with Gasteiger partial charge in [0.25, 0.3) is 0 Å². The lowest BCUT2D eigenvalue weighted by molar-refractivity contribution is -0.128. The molecule has 1 heterocycles. The number of amides is 1. The molecule has 1 aliphatic rings. The molecule has 0 aromatic heterocycles. The minimum Gasteiger partial charge on any atom is -0.379 e. The predicted molar refractivity (Wildman–Crippen MR) is 73.5 cm³/mol. The SMILES string of the molecule is CCOCCOCCOCCN1CC(CCl)CC1=O. The Hall–Kier alpha value is -0.360. The van der Waals surface area contributed by atoms with Gasteiger partial charge in [0, 0.05) is 32.0 Å². The molecule has 1 rings (SSSR count). The molecule has 0 N–H and O–H groups in total. The number of halogens is 1. The number of hydrogen-bond acceptors (Lipinski definition) is 4. The fourth-order valence-electron chi connectivity index (χ4n) is 1.93. The molecule has 0 aliphatic carbocycles. The molecule has 1 unspecified atom stereocenters. The van der Waals surface area contributed by atoms with Gasteiger partial charge in [-0.05, 0) is 12.8 Å². The predicted octanol–water partition coefficient (Wildman–Crippen LogP) is 1.14. The molecule has 5 nitrogen and oxygen atoms in total. The van der Waals surface area contributed by atoms with E-state index in [1.807, 2.05) is 11.8 Å². The van der Waals surface area contributed by atoms with Crippen molar-refractivity contribution < 1.29 is 19.0 Å². The van der Waals surface area contributed by atoms with Crippen LogP contribution in [-0.2, 0) is 19.0 Å². The number of carbonyl (C=O) groups excluding carboxylic acids is 1. The van der Waals surface area contributed by atoms with Crippen LogP contribution in [0.5, 0.6) is 0 Å². The summed E-state index contributed by atoms with van der Waals surface area (Å²) in [5, 5.41) is 0. The summed E-state index contributed by atoms with van der Waals surface area (Å²) in [7, 11) is 0. The van der Waals surface area contributed by atoms with E-state index in [1.54, 1.807) is 0 Å². The summed E-state index contributed by atoms with van der Waals surface area (Å²) in [5.74, 6) is 1.04. The van der Waals surface area contributed by atoms with Crippen LogP contribution in [0, 0.1) is 5.92 Å². The van der Waals surface area contributed by atoms with Gasteiger partial charge in [-0.3, -0.25) is 4.79 Å². The van der Waals surface area contributed by atoms with Crippen LogP contribution in [0.2, 0.25) is 0 Å². The quantitative estimate of drug-likeness (QED) is 0.423. The van der Waals surface area contributed by atoms with E-state index in [0.29, 0.717) is 64.4 Å². The van der Waals surface area contributed by atoms with Crippen LogP contribution >= 0.6 is 11.6 Å². The Balaban J connectivity index is 1.90. The van der Waals surface area contributed by atoms with Crippen molar-refractivity contribution in [2.75, 3.05) is 58.6 Å². The molecule has 19 heavy (non-hydrogen) atoms. The molecule has 1 atom stereocenters. The third kappa shape index (κ3) is 7.11. The Kier molecular flexibility index (Phi) is 9.16. The van der Waals surface area contributed by atoms with Gasteiger partial charge in [0.05, 0.1) is 33.0 Å². The number of hydrogen-bond donors (Lipinski definition) is 0. The minimum atomic E-state index is 0.183. The van der Waals surface area contributed by atoms with Crippen molar-refractivity contribution in [3.8, 4) is 0 Å². The van der Waals surface area contributed by atoms with Crippen LogP contribution in [0.25, 0.3) is 0 Å². The summed E-state index contributed by atoms with van der Waals surface area (Å²) < 4.78 is 15.9. The van der Waals surface area contributed by atoms with Crippen LogP contribution in [0.3, 0.4) is 0 Å². The lowest BCUT2D eigenvalue weighted by atomic mass is 10.2. The maximum atomic E-state index is 11.6. The maximum Gasteiger partial charge on any atom is 0.223 e. The van der Waals surface area contributed by atoms with Gasteiger partial charge in [-0.25, -0.2) is 0 Å². The number of ether oxygens (including phenoxy) is 3. The Morgan fingerprint density at radius 2 is 1.79 bits per heavy atom. The number of nitrogens with zero attached hydrogens (tertiary/aromatic N) is 1. The molecule has 0 radical (unpaired) electrons. The Morgan fingerprint density at radius 3 is 2.37 bits per heavy atom. The summed E-state index contributed by atoms with van der Waals surface area (Å²) in [5.41, 5.74) is 0. The molecule has 0 aromatic carbocycles. The first-order chi connectivity index (χ1) is 9.27. The summed E-state index contributed by atoms with van der Waals surface area (Å²) in [6, 6.07) is 0. The highest BCUT2D eigenvalue weighted by atomic mass is 35.5. The van der Waals surface area contributed by atoms with Crippen molar-refractivity contribution in [3.05, 3.63) is 0 Å². The van der Waals surface area contributed by atoms with Crippen molar-refractivity contribution in [1.82, 2.24) is 4.90 Å². The highest BCUT2D eigenvalue weighted by molar-refractivity contribution is 6.18. The third-order valence-electron chi connectivity index (χ3n) is 2.97. The first-order valence-corrected chi connectivity index (χ1v) is 7.38. The van der Waals surface area contributed by atoms with E-state index in [0.717, 1.165) is 6.54 Å². The number of carbonyl (C=O) groups is 1. The van der Waals surface area contributed by atoms with Gasteiger partial charge in [-0.1, -0.05) is 0 Å². The highest BCUT2D eigenvalue weighted by Crippen LogP contribution is 2.18. The van der Waals surface area contributed by atoms with E-state index in [2.05, 4.69) is 0 Å². The normalized spacial score (nSPS) is 19.4. The first kappa shape index (κ1) is 16.7. The molecule has 0 saturated carbocycles. The second-order valence-corrected chi connectivity index (χ2v) is 4.79. The Bertz CT molecular complexity index is 253. The smallest absolute Gasteiger partial charge is 0.223 e. The number of alkyl halides is 1. The zero-order chi connectivity index (χ0) is 13.9. The van der Waals surface area contributed by atoms with Gasteiger partial charge >= 0.3 is 0 Å². The monoisotopic (exact) mass is 293 g/mol. The van der Waals surface area contributed by atoms with Crippen molar-refractivity contribution in [1.29, 1.82) is 0 Å². The minimum absolute atomic E-state index is 0.183. The fraction of sp³-hybridized carbons (Fsp3) is 0.923. The molecule has 1 amide bonds. The average Bonchev–Trinajstić information content (AvgIpc) is 2.78. The number of likely N-dealkylation sites (tertiary alicyclic amines) is 1. The van der Waals surface area contributed by atoms with Crippen LogP contribution in [-0.4, -0.2) is 69.4 Å². The molecule has 112 valence electrons. The highest BCUT2D eigenvalue weighted by Gasteiger charge is 2.28. The van der Waals surface area contributed by atoms with E-state index in [4.69, 9.17) is 25.8 Å². The maximum absolute atomic E-state index is 11.6. The third-order valence-corrected chi connectivity index (χ3v) is 3.40. The zero-order valence-electron chi connectivity index (χ0n) is 11.6. The van der Waals surface area contributed by atoms with Crippen molar-refractivity contribution >= 4 is 17.5 Å². The molecule has 0 bridgehead atoms. The summed E-state index contributed by atoms with van der Waals surface area (Å²) >= 11 is 5.76. The molecule has 6 heteroatoms. The first-order valence-electron chi connectivity index (χ1n) is 6.84. The van der Waals surface area contributed by atoms with Crippen LogP contribution < -0.4 is 0 Å². The second kappa shape index (κ2) is 10.4. The molecule has 1 aliphatic heterocycles. The van der Waals surface area contributed by atoms with Crippen LogP contribution in [0.15, 0.2) is 0 Å². The van der Waals surface area contributed by atoms with Gasteiger partial charge < -0.3 is 19.1 Å². The van der Waals surface area contributed by atoms with Crippen LogP contribution in [0.1, 0.15) is 13.3 Å². The topological polar surface area (TPSA) is 48.0 Å². The Labute approximate surface area is 120 Å². The molecular formula is C13H24ClNO4. The second-order valence-electron chi connectivity index (χ2n) is 4.49. The number of rotatable bonds is 11.